The molecular formula is C22H17ClFN7. The Balaban J connectivity index is 1.54. The van der Waals surface area contributed by atoms with Crippen LogP contribution in [0.2, 0.25) is 5.02 Å². The molecule has 0 atom stereocenters. The number of anilines is 1. The Bertz CT molecular complexity index is 1390. The Morgan fingerprint density at radius 3 is 2.84 bits per heavy atom. The summed E-state index contributed by atoms with van der Waals surface area (Å²) in [4.78, 5) is 8.86. The van der Waals surface area contributed by atoms with Gasteiger partial charge in [-0.05, 0) is 43.3 Å². The minimum absolute atomic E-state index is 0.268. The highest BCUT2D eigenvalue weighted by Crippen LogP contribution is 2.27. The molecule has 4 heterocycles. The molecule has 0 saturated heterocycles. The number of pyridine rings is 2. The maximum absolute atomic E-state index is 14.2. The highest BCUT2D eigenvalue weighted by atomic mass is 35.5. The lowest BCUT2D eigenvalue weighted by molar-refractivity contribution is 0.613. The van der Waals surface area contributed by atoms with Crippen LogP contribution in [0.25, 0.3) is 22.7 Å². The van der Waals surface area contributed by atoms with Crippen molar-refractivity contribution in [1.29, 1.82) is 0 Å². The molecule has 0 bridgehead atoms. The number of aromatic nitrogens is 6. The quantitative estimate of drug-likeness (QED) is 0.435. The number of fused-ring (bicyclic) bond motifs is 1. The predicted molar refractivity (Wildman–Crippen MR) is 117 cm³/mol. The SMILES string of the molecule is Cc1cccc(-n2nc(NCc3ccc(Cl)cc3F)cc2-c2ccn3ncnc3c2)n1. The first-order valence-electron chi connectivity index (χ1n) is 9.58. The minimum Gasteiger partial charge on any atom is -0.364 e. The summed E-state index contributed by atoms with van der Waals surface area (Å²) in [5.41, 5.74) is 3.83. The van der Waals surface area contributed by atoms with E-state index in [-0.39, 0.29) is 12.4 Å². The second kappa shape index (κ2) is 7.81. The summed E-state index contributed by atoms with van der Waals surface area (Å²) in [7, 11) is 0. The number of halogens is 2. The van der Waals surface area contributed by atoms with E-state index >= 15 is 0 Å². The summed E-state index contributed by atoms with van der Waals surface area (Å²) in [5.74, 6) is 0.910. The van der Waals surface area contributed by atoms with Crippen molar-refractivity contribution in [2.45, 2.75) is 13.5 Å². The van der Waals surface area contributed by atoms with E-state index in [4.69, 9.17) is 11.6 Å². The minimum atomic E-state index is -0.364. The zero-order chi connectivity index (χ0) is 21.4. The first-order valence-corrected chi connectivity index (χ1v) is 9.96. The van der Waals surface area contributed by atoms with Crippen LogP contribution >= 0.6 is 11.6 Å². The van der Waals surface area contributed by atoms with Crippen LogP contribution in [0.15, 0.2) is 67.1 Å². The van der Waals surface area contributed by atoms with E-state index < -0.39 is 0 Å². The summed E-state index contributed by atoms with van der Waals surface area (Å²) >= 11 is 5.85. The fourth-order valence-electron chi connectivity index (χ4n) is 3.32. The van der Waals surface area contributed by atoms with Crippen LogP contribution in [0.3, 0.4) is 0 Å². The lowest BCUT2D eigenvalue weighted by Gasteiger charge is -2.07. The van der Waals surface area contributed by atoms with E-state index in [1.165, 1.54) is 12.4 Å². The molecule has 5 aromatic rings. The molecule has 0 unspecified atom stereocenters. The number of nitrogens with zero attached hydrogens (tertiary/aromatic N) is 6. The molecule has 31 heavy (non-hydrogen) atoms. The number of aryl methyl sites for hydroxylation is 1. The predicted octanol–water partition coefficient (Wildman–Crippen LogP) is 4.69. The molecule has 0 aliphatic rings. The Morgan fingerprint density at radius 2 is 2.00 bits per heavy atom. The van der Waals surface area contributed by atoms with Crippen LogP contribution in [-0.4, -0.2) is 29.4 Å². The molecule has 5 rings (SSSR count). The van der Waals surface area contributed by atoms with Crippen molar-refractivity contribution in [2.75, 3.05) is 5.32 Å². The van der Waals surface area contributed by atoms with E-state index in [0.29, 0.717) is 22.2 Å². The fourth-order valence-corrected chi connectivity index (χ4v) is 3.48. The zero-order valence-electron chi connectivity index (χ0n) is 16.5. The molecule has 1 N–H and O–H groups in total. The van der Waals surface area contributed by atoms with Crippen molar-refractivity contribution < 1.29 is 4.39 Å². The van der Waals surface area contributed by atoms with Gasteiger partial charge in [-0.2, -0.15) is 5.10 Å². The smallest absolute Gasteiger partial charge is 0.155 e. The Labute approximate surface area is 182 Å². The molecule has 9 heteroatoms. The van der Waals surface area contributed by atoms with E-state index in [0.717, 1.165) is 22.6 Å². The molecule has 154 valence electrons. The fraction of sp³-hybridized carbons (Fsp3) is 0.0909. The van der Waals surface area contributed by atoms with Crippen molar-refractivity contribution >= 4 is 23.1 Å². The molecule has 0 saturated carbocycles. The van der Waals surface area contributed by atoms with E-state index in [2.05, 4.69) is 25.5 Å². The molecular weight excluding hydrogens is 417 g/mol. The van der Waals surface area contributed by atoms with Crippen molar-refractivity contribution in [3.8, 4) is 17.1 Å². The van der Waals surface area contributed by atoms with Crippen molar-refractivity contribution in [1.82, 2.24) is 29.4 Å². The Kier molecular flexibility index (Phi) is 4.83. The van der Waals surface area contributed by atoms with Crippen molar-refractivity contribution in [3.05, 3.63) is 89.2 Å². The number of hydrogen-bond donors (Lipinski definition) is 1. The Hall–Kier alpha value is -3.78. The van der Waals surface area contributed by atoms with E-state index in [1.807, 2.05) is 49.5 Å². The van der Waals surface area contributed by atoms with Crippen LogP contribution in [0, 0.1) is 12.7 Å². The summed E-state index contributed by atoms with van der Waals surface area (Å²) in [6, 6.07) is 16.1. The summed E-state index contributed by atoms with van der Waals surface area (Å²) in [6.07, 6.45) is 3.35. The normalized spacial score (nSPS) is 11.2. The highest BCUT2D eigenvalue weighted by Gasteiger charge is 2.14. The molecule has 1 aromatic carbocycles. The van der Waals surface area contributed by atoms with Gasteiger partial charge in [0.2, 0.25) is 0 Å². The lowest BCUT2D eigenvalue weighted by Crippen LogP contribution is -2.05. The number of hydrogen-bond acceptors (Lipinski definition) is 5. The van der Waals surface area contributed by atoms with Gasteiger partial charge in [-0.15, -0.1) is 5.10 Å². The van der Waals surface area contributed by atoms with Gasteiger partial charge in [0.05, 0.1) is 5.69 Å². The number of rotatable bonds is 5. The van der Waals surface area contributed by atoms with Gasteiger partial charge >= 0.3 is 0 Å². The zero-order valence-corrected chi connectivity index (χ0v) is 17.3. The third kappa shape index (κ3) is 3.85. The van der Waals surface area contributed by atoms with Gasteiger partial charge in [-0.25, -0.2) is 23.6 Å². The van der Waals surface area contributed by atoms with Gasteiger partial charge in [-0.1, -0.05) is 23.7 Å². The van der Waals surface area contributed by atoms with Crippen LogP contribution in [-0.2, 0) is 6.54 Å². The second-order valence-corrected chi connectivity index (χ2v) is 7.47. The van der Waals surface area contributed by atoms with Crippen LogP contribution in [0.1, 0.15) is 11.3 Å². The number of benzene rings is 1. The molecule has 0 fully saturated rings. The third-order valence-electron chi connectivity index (χ3n) is 4.85. The van der Waals surface area contributed by atoms with Gasteiger partial charge in [0, 0.05) is 40.7 Å². The first kappa shape index (κ1) is 19.2. The third-order valence-corrected chi connectivity index (χ3v) is 5.09. The summed E-state index contributed by atoms with van der Waals surface area (Å²) in [6.45, 7) is 2.20. The average Bonchev–Trinajstić information content (AvgIpc) is 3.39. The molecule has 0 spiro atoms. The molecule has 0 amide bonds. The average molecular weight is 434 g/mol. The van der Waals surface area contributed by atoms with E-state index in [1.54, 1.807) is 21.3 Å². The maximum Gasteiger partial charge on any atom is 0.155 e. The standard InChI is InChI=1S/C22H17ClFN7/c1-14-3-2-4-21(28-14)31-19(15-7-8-30-22(9-15)26-13-27-30)11-20(29-31)25-12-16-5-6-17(23)10-18(16)24/h2-11,13H,12H2,1H3,(H,25,29). The van der Waals surface area contributed by atoms with Gasteiger partial charge in [-0.3, -0.25) is 0 Å². The van der Waals surface area contributed by atoms with Crippen LogP contribution in [0.5, 0.6) is 0 Å². The molecule has 7 nitrogen and oxygen atoms in total. The second-order valence-electron chi connectivity index (χ2n) is 7.03. The topological polar surface area (TPSA) is 72.9 Å². The summed E-state index contributed by atoms with van der Waals surface area (Å²) in [5, 5.41) is 12.4. The monoisotopic (exact) mass is 433 g/mol. The highest BCUT2D eigenvalue weighted by molar-refractivity contribution is 6.30. The van der Waals surface area contributed by atoms with Gasteiger partial charge in [0.15, 0.2) is 11.5 Å². The molecule has 0 radical (unpaired) electrons. The summed E-state index contributed by atoms with van der Waals surface area (Å²) < 4.78 is 17.6. The maximum atomic E-state index is 14.2. The largest absolute Gasteiger partial charge is 0.364 e. The molecule has 4 aromatic heterocycles. The van der Waals surface area contributed by atoms with Crippen LogP contribution < -0.4 is 5.32 Å². The van der Waals surface area contributed by atoms with Crippen molar-refractivity contribution in [3.63, 3.8) is 0 Å². The Morgan fingerprint density at radius 1 is 1.10 bits per heavy atom. The van der Waals surface area contributed by atoms with Gasteiger partial charge < -0.3 is 5.32 Å². The lowest BCUT2D eigenvalue weighted by atomic mass is 10.2. The van der Waals surface area contributed by atoms with E-state index in [9.17, 15) is 4.39 Å². The van der Waals surface area contributed by atoms with Gasteiger partial charge in [0.25, 0.3) is 0 Å². The molecule has 0 aliphatic heterocycles. The van der Waals surface area contributed by atoms with Crippen LogP contribution in [0.4, 0.5) is 10.2 Å². The van der Waals surface area contributed by atoms with Gasteiger partial charge in [0.1, 0.15) is 18.0 Å². The van der Waals surface area contributed by atoms with Crippen molar-refractivity contribution in [2.24, 2.45) is 0 Å². The first-order chi connectivity index (χ1) is 15.1. The molecule has 0 aliphatic carbocycles. The number of nitrogens with one attached hydrogen (secondary N) is 1.